The first-order chi connectivity index (χ1) is 9.83. The Hall–Kier alpha value is -1.96. The van der Waals surface area contributed by atoms with E-state index in [-0.39, 0.29) is 5.92 Å². The quantitative estimate of drug-likeness (QED) is 0.614. The zero-order valence-electron chi connectivity index (χ0n) is 11.7. The van der Waals surface area contributed by atoms with E-state index in [2.05, 4.69) is 16.7 Å². The van der Waals surface area contributed by atoms with Crippen molar-refractivity contribution in [1.82, 2.24) is 0 Å². The lowest BCUT2D eigenvalue weighted by Crippen LogP contribution is -2.33. The standard InChI is InChI=1S/C18H20NO/c20-18(16-8-4-5-9-16)17-10-12-19(13-11-17)14-15-6-2-1-3-7-15/h1-3,6-7,10-13,16H,4-5,8-9,14H2/q+1. The molecule has 0 bridgehead atoms. The molecule has 20 heavy (non-hydrogen) atoms. The van der Waals surface area contributed by atoms with Crippen LogP contribution in [0.3, 0.4) is 0 Å². The van der Waals surface area contributed by atoms with E-state index in [4.69, 9.17) is 0 Å². The molecule has 1 aromatic heterocycles. The lowest BCUT2D eigenvalue weighted by atomic mass is 9.97. The molecule has 0 aliphatic heterocycles. The summed E-state index contributed by atoms with van der Waals surface area (Å²) in [6.45, 7) is 0.846. The van der Waals surface area contributed by atoms with Gasteiger partial charge in [-0.2, -0.15) is 0 Å². The van der Waals surface area contributed by atoms with E-state index < -0.39 is 0 Å². The van der Waals surface area contributed by atoms with Gasteiger partial charge in [0, 0.05) is 29.2 Å². The van der Waals surface area contributed by atoms with Gasteiger partial charge in [0.15, 0.2) is 24.7 Å². The van der Waals surface area contributed by atoms with Gasteiger partial charge in [0.2, 0.25) is 0 Å². The molecule has 1 fully saturated rings. The second kappa shape index (κ2) is 6.00. The lowest BCUT2D eigenvalue weighted by Gasteiger charge is -2.06. The second-order valence-corrected chi connectivity index (χ2v) is 5.59. The molecule has 0 amide bonds. The number of hydrogen-bond donors (Lipinski definition) is 0. The third kappa shape index (κ3) is 2.96. The summed E-state index contributed by atoms with van der Waals surface area (Å²) in [7, 11) is 0. The average Bonchev–Trinajstić information content (AvgIpc) is 3.03. The lowest BCUT2D eigenvalue weighted by molar-refractivity contribution is -0.688. The number of rotatable bonds is 4. The fourth-order valence-corrected chi connectivity index (χ4v) is 2.94. The molecule has 1 saturated carbocycles. The molecule has 1 aromatic carbocycles. The van der Waals surface area contributed by atoms with E-state index in [1.54, 1.807) is 0 Å². The Kier molecular flexibility index (Phi) is 3.91. The van der Waals surface area contributed by atoms with Gasteiger partial charge in [0.1, 0.15) is 0 Å². The summed E-state index contributed by atoms with van der Waals surface area (Å²) in [5.41, 5.74) is 2.13. The molecular formula is C18H20NO+. The Morgan fingerprint density at radius 2 is 1.65 bits per heavy atom. The van der Waals surface area contributed by atoms with E-state index in [9.17, 15) is 4.79 Å². The van der Waals surface area contributed by atoms with Crippen LogP contribution in [0.1, 0.15) is 41.6 Å². The smallest absolute Gasteiger partial charge is 0.173 e. The summed E-state index contributed by atoms with van der Waals surface area (Å²) in [5.74, 6) is 0.592. The van der Waals surface area contributed by atoms with Crippen LogP contribution in [0.4, 0.5) is 0 Å². The normalized spacial score (nSPS) is 15.4. The van der Waals surface area contributed by atoms with Crippen LogP contribution in [0.25, 0.3) is 0 Å². The maximum Gasteiger partial charge on any atom is 0.173 e. The Morgan fingerprint density at radius 3 is 2.30 bits per heavy atom. The van der Waals surface area contributed by atoms with E-state index in [1.807, 2.05) is 42.7 Å². The molecule has 0 spiro atoms. The summed E-state index contributed by atoms with van der Waals surface area (Å²) in [6.07, 6.45) is 8.56. The van der Waals surface area contributed by atoms with Crippen LogP contribution in [0, 0.1) is 5.92 Å². The minimum Gasteiger partial charge on any atom is -0.294 e. The molecule has 3 rings (SSSR count). The number of pyridine rings is 1. The molecule has 1 aliphatic carbocycles. The topological polar surface area (TPSA) is 20.9 Å². The van der Waals surface area contributed by atoms with Crippen LogP contribution >= 0.6 is 0 Å². The van der Waals surface area contributed by atoms with Crippen molar-refractivity contribution in [2.24, 2.45) is 5.92 Å². The van der Waals surface area contributed by atoms with Crippen molar-refractivity contribution in [2.75, 3.05) is 0 Å². The van der Waals surface area contributed by atoms with Crippen molar-refractivity contribution < 1.29 is 9.36 Å². The third-order valence-corrected chi connectivity index (χ3v) is 4.11. The number of carbonyl (C=O) groups excluding carboxylic acids is 1. The Labute approximate surface area is 120 Å². The molecule has 2 aromatic rings. The SMILES string of the molecule is O=C(c1cc[n+](Cc2ccccc2)cc1)C1CCCC1. The van der Waals surface area contributed by atoms with Gasteiger partial charge >= 0.3 is 0 Å². The first kappa shape index (κ1) is 13.0. The minimum absolute atomic E-state index is 0.264. The predicted molar refractivity (Wildman–Crippen MR) is 78.5 cm³/mol. The molecule has 0 atom stereocenters. The van der Waals surface area contributed by atoms with Crippen molar-refractivity contribution >= 4 is 5.78 Å². The number of carbonyl (C=O) groups is 1. The van der Waals surface area contributed by atoms with Crippen LogP contribution < -0.4 is 4.57 Å². The van der Waals surface area contributed by atoms with Gasteiger partial charge in [0.25, 0.3) is 0 Å². The van der Waals surface area contributed by atoms with E-state index in [1.165, 1.54) is 18.4 Å². The number of ketones is 1. The van der Waals surface area contributed by atoms with Gasteiger partial charge in [-0.05, 0) is 12.8 Å². The molecule has 1 heterocycles. The largest absolute Gasteiger partial charge is 0.294 e. The van der Waals surface area contributed by atoms with Crippen molar-refractivity contribution in [3.63, 3.8) is 0 Å². The Bertz CT molecular complexity index is 568. The van der Waals surface area contributed by atoms with E-state index >= 15 is 0 Å². The summed E-state index contributed by atoms with van der Waals surface area (Å²) in [4.78, 5) is 12.3. The maximum atomic E-state index is 12.3. The van der Waals surface area contributed by atoms with Crippen molar-refractivity contribution in [2.45, 2.75) is 32.2 Å². The molecule has 2 heteroatoms. The monoisotopic (exact) mass is 266 g/mol. The molecule has 2 nitrogen and oxygen atoms in total. The maximum absolute atomic E-state index is 12.3. The molecule has 1 aliphatic rings. The van der Waals surface area contributed by atoms with Crippen molar-refractivity contribution in [1.29, 1.82) is 0 Å². The van der Waals surface area contributed by atoms with Crippen LogP contribution in [0.5, 0.6) is 0 Å². The first-order valence-corrected chi connectivity index (χ1v) is 7.40. The van der Waals surface area contributed by atoms with E-state index in [0.717, 1.165) is 24.9 Å². The second-order valence-electron chi connectivity index (χ2n) is 5.59. The van der Waals surface area contributed by atoms with Gasteiger partial charge in [-0.25, -0.2) is 4.57 Å². The molecule has 0 unspecified atom stereocenters. The summed E-state index contributed by atoms with van der Waals surface area (Å²) < 4.78 is 2.11. The Morgan fingerprint density at radius 1 is 1.00 bits per heavy atom. The van der Waals surface area contributed by atoms with Crippen molar-refractivity contribution in [3.8, 4) is 0 Å². The van der Waals surface area contributed by atoms with Crippen LogP contribution in [-0.2, 0) is 6.54 Å². The highest BCUT2D eigenvalue weighted by molar-refractivity contribution is 5.97. The van der Waals surface area contributed by atoms with Gasteiger partial charge < -0.3 is 0 Å². The zero-order valence-corrected chi connectivity index (χ0v) is 11.7. The molecular weight excluding hydrogens is 246 g/mol. The van der Waals surface area contributed by atoms with Crippen LogP contribution in [0.2, 0.25) is 0 Å². The average molecular weight is 266 g/mol. The minimum atomic E-state index is 0.264. The predicted octanol–water partition coefficient (Wildman–Crippen LogP) is 3.40. The Balaban J connectivity index is 1.69. The van der Waals surface area contributed by atoms with Crippen LogP contribution in [-0.4, -0.2) is 5.78 Å². The highest BCUT2D eigenvalue weighted by atomic mass is 16.1. The summed E-state index contributed by atoms with van der Waals surface area (Å²) in [6, 6.07) is 14.3. The van der Waals surface area contributed by atoms with Crippen LogP contribution in [0.15, 0.2) is 54.9 Å². The van der Waals surface area contributed by atoms with E-state index in [0.29, 0.717) is 5.78 Å². The summed E-state index contributed by atoms with van der Waals surface area (Å²) in [5, 5.41) is 0. The highest BCUT2D eigenvalue weighted by Gasteiger charge is 2.24. The molecule has 0 N–H and O–H groups in total. The number of hydrogen-bond acceptors (Lipinski definition) is 1. The number of aromatic nitrogens is 1. The fourth-order valence-electron chi connectivity index (χ4n) is 2.94. The third-order valence-electron chi connectivity index (χ3n) is 4.11. The highest BCUT2D eigenvalue weighted by Crippen LogP contribution is 2.27. The molecule has 102 valence electrons. The molecule has 0 saturated heterocycles. The fraction of sp³-hybridized carbons (Fsp3) is 0.333. The van der Waals surface area contributed by atoms with Gasteiger partial charge in [-0.15, -0.1) is 0 Å². The number of nitrogens with zero attached hydrogens (tertiary/aromatic N) is 1. The molecule has 0 radical (unpaired) electrons. The number of benzene rings is 1. The van der Waals surface area contributed by atoms with Gasteiger partial charge in [0.05, 0.1) is 0 Å². The summed E-state index contributed by atoms with van der Waals surface area (Å²) >= 11 is 0. The first-order valence-electron chi connectivity index (χ1n) is 7.40. The number of Topliss-reactive ketones (excluding diaryl/α,β-unsaturated/α-hetero) is 1. The van der Waals surface area contributed by atoms with Crippen molar-refractivity contribution in [3.05, 3.63) is 66.0 Å². The zero-order chi connectivity index (χ0) is 13.8. The van der Waals surface area contributed by atoms with Gasteiger partial charge in [-0.3, -0.25) is 4.79 Å². The van der Waals surface area contributed by atoms with Gasteiger partial charge in [-0.1, -0.05) is 43.2 Å².